The molecule has 1 aliphatic heterocycles. The maximum Gasteiger partial charge on any atom is 0.266 e. The molecule has 25 heavy (non-hydrogen) atoms. The van der Waals surface area contributed by atoms with Gasteiger partial charge in [0.2, 0.25) is 5.91 Å². The third-order valence-electron chi connectivity index (χ3n) is 4.63. The summed E-state index contributed by atoms with van der Waals surface area (Å²) >= 11 is 0. The lowest BCUT2D eigenvalue weighted by molar-refractivity contribution is -0.131. The van der Waals surface area contributed by atoms with Gasteiger partial charge < -0.3 is 9.47 Å². The number of carbonyl (C=O) groups excluding carboxylic acids is 1. The summed E-state index contributed by atoms with van der Waals surface area (Å²) < 4.78 is 2.14. The number of imidazole rings is 1. The molecule has 0 unspecified atom stereocenters. The van der Waals surface area contributed by atoms with Crippen LogP contribution in [0.4, 0.5) is 0 Å². The number of piperidine rings is 1. The molecule has 0 radical (unpaired) electrons. The Morgan fingerprint density at radius 2 is 2.16 bits per heavy atom. The quantitative estimate of drug-likeness (QED) is 0.855. The molecular weight excluding hydrogens is 322 g/mol. The van der Waals surface area contributed by atoms with Gasteiger partial charge in [-0.25, -0.2) is 4.98 Å². The van der Waals surface area contributed by atoms with E-state index in [1.807, 2.05) is 6.20 Å². The fourth-order valence-corrected chi connectivity index (χ4v) is 3.36. The first-order chi connectivity index (χ1) is 12.0. The number of hydrogen-bond acceptors (Lipinski definition) is 4. The Morgan fingerprint density at radius 1 is 1.36 bits per heavy atom. The van der Waals surface area contributed by atoms with Crippen LogP contribution in [-0.2, 0) is 11.2 Å². The normalized spacial score (nSPS) is 17.9. The van der Waals surface area contributed by atoms with Crippen molar-refractivity contribution in [1.29, 1.82) is 0 Å². The van der Waals surface area contributed by atoms with Gasteiger partial charge in [-0.3, -0.25) is 24.6 Å². The molecule has 3 heterocycles. The number of likely N-dealkylation sites (tertiary alicyclic amines) is 1. The highest BCUT2D eigenvalue weighted by Gasteiger charge is 2.28. The Labute approximate surface area is 144 Å². The number of hydrogen-bond donors (Lipinski definition) is 2. The maximum absolute atomic E-state index is 12.6. The van der Waals surface area contributed by atoms with Crippen LogP contribution in [0.2, 0.25) is 0 Å². The van der Waals surface area contributed by atoms with Gasteiger partial charge in [-0.1, -0.05) is 0 Å². The minimum Gasteiger partial charge on any atom is -0.342 e. The van der Waals surface area contributed by atoms with Gasteiger partial charge in [-0.15, -0.1) is 0 Å². The third-order valence-corrected chi connectivity index (χ3v) is 4.63. The number of H-pyrrole nitrogens is 2. The average molecular weight is 345 g/mol. The molecule has 2 aromatic rings. The summed E-state index contributed by atoms with van der Waals surface area (Å²) in [4.78, 5) is 42.0. The number of aromatic amines is 2. The van der Waals surface area contributed by atoms with Gasteiger partial charge in [0, 0.05) is 49.1 Å². The average Bonchev–Trinajstić information content (AvgIpc) is 3.08. The van der Waals surface area contributed by atoms with Crippen molar-refractivity contribution >= 4 is 5.91 Å². The summed E-state index contributed by atoms with van der Waals surface area (Å²) in [5, 5.41) is 4.46. The number of nitrogens with one attached hydrogen (secondary N) is 2. The van der Waals surface area contributed by atoms with E-state index in [1.165, 1.54) is 6.07 Å². The van der Waals surface area contributed by atoms with Gasteiger partial charge in [0.05, 0.1) is 6.42 Å². The molecule has 0 aromatic carbocycles. The second kappa shape index (κ2) is 7.08. The van der Waals surface area contributed by atoms with Crippen molar-refractivity contribution in [3.05, 3.63) is 50.6 Å². The number of amides is 1. The zero-order chi connectivity index (χ0) is 18.0. The molecule has 1 aliphatic rings. The molecule has 8 nitrogen and oxygen atoms in total. The van der Waals surface area contributed by atoms with Crippen LogP contribution in [0.25, 0.3) is 0 Å². The molecule has 1 saturated heterocycles. The Balaban J connectivity index is 1.73. The zero-order valence-electron chi connectivity index (χ0n) is 14.5. The van der Waals surface area contributed by atoms with Gasteiger partial charge in [-0.05, 0) is 26.7 Å². The molecule has 8 heteroatoms. The van der Waals surface area contributed by atoms with E-state index in [-0.39, 0.29) is 23.8 Å². The Kier molecular flexibility index (Phi) is 4.87. The van der Waals surface area contributed by atoms with Gasteiger partial charge >= 0.3 is 0 Å². The third kappa shape index (κ3) is 3.72. The minimum atomic E-state index is -0.433. The molecule has 0 saturated carbocycles. The highest BCUT2D eigenvalue weighted by Crippen LogP contribution is 2.27. The van der Waals surface area contributed by atoms with Gasteiger partial charge in [-0.2, -0.15) is 0 Å². The standard InChI is InChI=1S/C17H23N5O3/c1-11(2)22-7-5-18-16(22)12-4-3-6-21(10-12)15(24)9-13-8-14(23)19-20-17(13)25/h5,7-8,11-12H,3-4,6,9-10H2,1-2H3,(H,19,23)(H,20,25)/t12-/m1/s1. The second-order valence-corrected chi connectivity index (χ2v) is 6.76. The van der Waals surface area contributed by atoms with Crippen LogP contribution in [0.1, 0.15) is 50.0 Å². The predicted octanol–water partition coefficient (Wildman–Crippen LogP) is 0.789. The van der Waals surface area contributed by atoms with Crippen LogP contribution >= 0.6 is 0 Å². The lowest BCUT2D eigenvalue weighted by Crippen LogP contribution is -2.41. The molecule has 0 spiro atoms. The van der Waals surface area contributed by atoms with E-state index in [2.05, 4.69) is 33.6 Å². The summed E-state index contributed by atoms with van der Waals surface area (Å²) in [6.07, 6.45) is 5.58. The van der Waals surface area contributed by atoms with Crippen molar-refractivity contribution in [2.75, 3.05) is 13.1 Å². The summed E-state index contributed by atoms with van der Waals surface area (Å²) in [6, 6.07) is 1.50. The first kappa shape index (κ1) is 17.2. The molecular formula is C17H23N5O3. The molecule has 1 amide bonds. The zero-order valence-corrected chi connectivity index (χ0v) is 14.5. The van der Waals surface area contributed by atoms with Gasteiger partial charge in [0.15, 0.2) is 0 Å². The molecule has 2 aromatic heterocycles. The van der Waals surface area contributed by atoms with E-state index >= 15 is 0 Å². The van der Waals surface area contributed by atoms with Crippen molar-refractivity contribution in [2.45, 2.75) is 45.1 Å². The predicted molar refractivity (Wildman–Crippen MR) is 92.6 cm³/mol. The number of carbonyl (C=O) groups is 1. The van der Waals surface area contributed by atoms with Crippen molar-refractivity contribution in [1.82, 2.24) is 24.6 Å². The highest BCUT2D eigenvalue weighted by atomic mass is 16.2. The molecule has 1 atom stereocenters. The summed E-state index contributed by atoms with van der Waals surface area (Å²) in [6.45, 7) is 5.47. The minimum absolute atomic E-state index is 0.0649. The van der Waals surface area contributed by atoms with E-state index in [0.717, 1.165) is 18.7 Å². The second-order valence-electron chi connectivity index (χ2n) is 6.76. The largest absolute Gasteiger partial charge is 0.342 e. The molecule has 3 rings (SSSR count). The van der Waals surface area contributed by atoms with Crippen molar-refractivity contribution in [3.63, 3.8) is 0 Å². The lowest BCUT2D eigenvalue weighted by atomic mass is 9.96. The van der Waals surface area contributed by atoms with E-state index in [9.17, 15) is 14.4 Å². The monoisotopic (exact) mass is 345 g/mol. The molecule has 2 N–H and O–H groups in total. The van der Waals surface area contributed by atoms with Crippen molar-refractivity contribution in [2.24, 2.45) is 0 Å². The summed E-state index contributed by atoms with van der Waals surface area (Å²) in [5.41, 5.74) is -0.658. The van der Waals surface area contributed by atoms with Gasteiger partial charge in [0.1, 0.15) is 5.82 Å². The number of rotatable bonds is 4. The fraction of sp³-hybridized carbons (Fsp3) is 0.529. The topological polar surface area (TPSA) is 104 Å². The maximum atomic E-state index is 12.6. The van der Waals surface area contributed by atoms with Crippen LogP contribution in [0, 0.1) is 0 Å². The van der Waals surface area contributed by atoms with Crippen LogP contribution in [0.5, 0.6) is 0 Å². The summed E-state index contributed by atoms with van der Waals surface area (Å²) in [5.74, 6) is 1.05. The number of aromatic nitrogens is 4. The highest BCUT2D eigenvalue weighted by molar-refractivity contribution is 5.78. The fourth-order valence-electron chi connectivity index (χ4n) is 3.36. The Hall–Kier alpha value is -2.64. The van der Waals surface area contributed by atoms with E-state index in [1.54, 1.807) is 11.1 Å². The van der Waals surface area contributed by atoms with Crippen LogP contribution in [-0.4, -0.2) is 43.6 Å². The van der Waals surface area contributed by atoms with Crippen LogP contribution in [0.3, 0.4) is 0 Å². The first-order valence-electron chi connectivity index (χ1n) is 8.57. The first-order valence-corrected chi connectivity index (χ1v) is 8.57. The molecule has 0 bridgehead atoms. The summed E-state index contributed by atoms with van der Waals surface area (Å²) in [7, 11) is 0. The molecule has 134 valence electrons. The van der Waals surface area contributed by atoms with E-state index in [0.29, 0.717) is 19.1 Å². The Bertz CT molecular complexity index is 863. The molecule has 0 aliphatic carbocycles. The van der Waals surface area contributed by atoms with E-state index in [4.69, 9.17) is 0 Å². The van der Waals surface area contributed by atoms with Gasteiger partial charge in [0.25, 0.3) is 11.1 Å². The molecule has 1 fully saturated rings. The van der Waals surface area contributed by atoms with Crippen molar-refractivity contribution < 1.29 is 4.79 Å². The SMILES string of the molecule is CC(C)n1ccnc1[C@@H]1CCCN(C(=O)Cc2cc(=O)[nH][nH]c2=O)C1. The lowest BCUT2D eigenvalue weighted by Gasteiger charge is -2.33. The van der Waals surface area contributed by atoms with Crippen LogP contribution < -0.4 is 11.1 Å². The van der Waals surface area contributed by atoms with Crippen molar-refractivity contribution in [3.8, 4) is 0 Å². The Morgan fingerprint density at radius 3 is 2.92 bits per heavy atom. The smallest absolute Gasteiger partial charge is 0.266 e. The number of nitrogens with zero attached hydrogens (tertiary/aromatic N) is 3. The van der Waals surface area contributed by atoms with Crippen LogP contribution in [0.15, 0.2) is 28.0 Å². The van der Waals surface area contributed by atoms with E-state index < -0.39 is 11.1 Å².